The van der Waals surface area contributed by atoms with Crippen molar-refractivity contribution in [1.29, 1.82) is 5.26 Å². The Morgan fingerprint density at radius 2 is 2.14 bits per heavy atom. The highest BCUT2D eigenvalue weighted by Gasteiger charge is 2.30. The lowest BCUT2D eigenvalue weighted by molar-refractivity contribution is -0.117. The number of nitrogens with zero attached hydrogens (tertiary/aromatic N) is 1. The molecule has 0 saturated carbocycles. The number of rotatable bonds is 5. The number of Topliss-reactive ketones (excluding diaryl/α,β-unsaturated/α-hetero) is 1. The first kappa shape index (κ1) is 16.1. The molecule has 0 saturated heterocycles. The molecular weight excluding hydrogens is 324 g/mol. The maximum atomic E-state index is 12.2. The van der Waals surface area contributed by atoms with E-state index in [1.165, 1.54) is 23.9 Å². The minimum atomic E-state index is -1.49. The Balaban J connectivity index is 2.15. The average Bonchev–Trinajstić information content (AvgIpc) is 2.96. The molecule has 22 heavy (non-hydrogen) atoms. The largest absolute Gasteiger partial charge is 0.447 e. The average molecular weight is 335 g/mol. The predicted octanol–water partition coefficient (Wildman–Crippen LogP) is 3.62. The van der Waals surface area contributed by atoms with Gasteiger partial charge in [0.05, 0.1) is 6.07 Å². The number of benzene rings is 1. The highest BCUT2D eigenvalue weighted by molar-refractivity contribution is 7.98. The van der Waals surface area contributed by atoms with Gasteiger partial charge in [-0.25, -0.2) is 0 Å². The summed E-state index contributed by atoms with van der Waals surface area (Å²) in [7, 11) is 0. The fraction of sp³-hybridized carbons (Fsp3) is 0.133. The molecular formula is C15H11ClN2O3S. The van der Waals surface area contributed by atoms with Gasteiger partial charge >= 0.3 is 0 Å². The van der Waals surface area contributed by atoms with Gasteiger partial charge in [0.25, 0.3) is 0 Å². The van der Waals surface area contributed by atoms with E-state index in [9.17, 15) is 9.59 Å². The monoisotopic (exact) mass is 334 g/mol. The molecule has 0 fully saturated rings. The highest BCUT2D eigenvalue weighted by Crippen LogP contribution is 2.21. The van der Waals surface area contributed by atoms with Crippen molar-refractivity contribution >= 4 is 40.7 Å². The van der Waals surface area contributed by atoms with E-state index in [2.05, 4.69) is 5.32 Å². The minimum Gasteiger partial charge on any atom is -0.447 e. The number of hydrogen-bond donors (Lipinski definition) is 1. The standard InChI is InChI=1S/C15H11ClN2O3S/c1-22-13-6-5-12(21-13)14(19)11(8-17)15(20)18-10-4-2-3-9(16)7-10/h2-7,11H,1H3,(H,18,20)/t11-/m1/s1. The van der Waals surface area contributed by atoms with Crippen molar-refractivity contribution < 1.29 is 14.0 Å². The number of carbonyl (C=O) groups is 2. The van der Waals surface area contributed by atoms with Crippen molar-refractivity contribution in [2.45, 2.75) is 5.09 Å². The summed E-state index contributed by atoms with van der Waals surface area (Å²) in [5.41, 5.74) is 0.412. The molecule has 0 aliphatic heterocycles. The fourth-order valence-electron chi connectivity index (χ4n) is 1.72. The van der Waals surface area contributed by atoms with Crippen LogP contribution in [0.15, 0.2) is 45.9 Å². The quantitative estimate of drug-likeness (QED) is 0.513. The molecule has 0 bridgehead atoms. The zero-order valence-corrected chi connectivity index (χ0v) is 13.1. The first-order chi connectivity index (χ1) is 10.5. The van der Waals surface area contributed by atoms with Crippen molar-refractivity contribution in [1.82, 2.24) is 0 Å². The number of amides is 1. The maximum absolute atomic E-state index is 12.2. The molecule has 1 heterocycles. The van der Waals surface area contributed by atoms with Crippen LogP contribution in [0.2, 0.25) is 5.02 Å². The van der Waals surface area contributed by atoms with Crippen LogP contribution in [0.1, 0.15) is 10.6 Å². The SMILES string of the molecule is CSc1ccc(C(=O)[C@@H](C#N)C(=O)Nc2cccc(Cl)c2)o1. The lowest BCUT2D eigenvalue weighted by Crippen LogP contribution is -2.28. The lowest BCUT2D eigenvalue weighted by Gasteiger charge is -2.08. The number of carbonyl (C=O) groups excluding carboxylic acids is 2. The Bertz CT molecular complexity index is 751. The lowest BCUT2D eigenvalue weighted by atomic mass is 10.0. The third-order valence-corrected chi connectivity index (χ3v) is 3.63. The van der Waals surface area contributed by atoms with Gasteiger partial charge in [-0.1, -0.05) is 29.4 Å². The Morgan fingerprint density at radius 3 is 2.73 bits per heavy atom. The van der Waals surface area contributed by atoms with Gasteiger partial charge in [0.2, 0.25) is 11.7 Å². The van der Waals surface area contributed by atoms with E-state index in [1.807, 2.05) is 0 Å². The second kappa shape index (κ2) is 7.16. The van der Waals surface area contributed by atoms with Crippen LogP contribution >= 0.6 is 23.4 Å². The minimum absolute atomic E-state index is 0.0165. The van der Waals surface area contributed by atoms with Gasteiger partial charge in [-0.05, 0) is 36.6 Å². The Morgan fingerprint density at radius 1 is 1.36 bits per heavy atom. The summed E-state index contributed by atoms with van der Waals surface area (Å²) in [4.78, 5) is 24.3. The molecule has 0 spiro atoms. The first-order valence-electron chi connectivity index (χ1n) is 6.19. The van der Waals surface area contributed by atoms with Gasteiger partial charge in [-0.15, -0.1) is 0 Å². The Labute approximate surface area is 136 Å². The van der Waals surface area contributed by atoms with E-state index in [0.717, 1.165) is 0 Å². The molecule has 1 aromatic carbocycles. The zero-order valence-electron chi connectivity index (χ0n) is 11.5. The van der Waals surface area contributed by atoms with Crippen LogP contribution in [0, 0.1) is 17.2 Å². The fourth-order valence-corrected chi connectivity index (χ4v) is 2.29. The summed E-state index contributed by atoms with van der Waals surface area (Å²) in [5.74, 6) is -2.91. The summed E-state index contributed by atoms with van der Waals surface area (Å²) in [5, 5.41) is 12.6. The molecule has 2 aromatic rings. The maximum Gasteiger partial charge on any atom is 0.249 e. The van der Waals surface area contributed by atoms with Crippen molar-refractivity contribution in [2.24, 2.45) is 5.92 Å². The smallest absolute Gasteiger partial charge is 0.249 e. The molecule has 112 valence electrons. The number of hydrogen-bond acceptors (Lipinski definition) is 5. The molecule has 7 heteroatoms. The number of nitrogens with one attached hydrogen (secondary N) is 1. The van der Waals surface area contributed by atoms with Crippen LogP contribution in [0.3, 0.4) is 0 Å². The second-order valence-electron chi connectivity index (χ2n) is 4.25. The van der Waals surface area contributed by atoms with E-state index in [-0.39, 0.29) is 5.76 Å². The van der Waals surface area contributed by atoms with Crippen LogP contribution < -0.4 is 5.32 Å². The van der Waals surface area contributed by atoms with Gasteiger partial charge in [0.1, 0.15) is 0 Å². The third-order valence-electron chi connectivity index (χ3n) is 2.77. The number of ketones is 1. The van der Waals surface area contributed by atoms with E-state index in [1.54, 1.807) is 36.6 Å². The highest BCUT2D eigenvalue weighted by atomic mass is 35.5. The topological polar surface area (TPSA) is 83.1 Å². The van der Waals surface area contributed by atoms with Crippen molar-refractivity contribution in [3.63, 3.8) is 0 Å². The van der Waals surface area contributed by atoms with Crippen molar-refractivity contribution in [2.75, 3.05) is 11.6 Å². The summed E-state index contributed by atoms with van der Waals surface area (Å²) in [6.07, 6.45) is 1.79. The first-order valence-corrected chi connectivity index (χ1v) is 7.79. The molecule has 0 aliphatic rings. The normalized spacial score (nSPS) is 11.5. The molecule has 0 radical (unpaired) electrons. The summed E-state index contributed by atoms with van der Waals surface area (Å²) in [6, 6.07) is 11.2. The zero-order chi connectivity index (χ0) is 16.1. The number of halogens is 1. The van der Waals surface area contributed by atoms with Gasteiger partial charge in [-0.3, -0.25) is 9.59 Å². The summed E-state index contributed by atoms with van der Waals surface area (Å²) in [6.45, 7) is 0. The Kier molecular flexibility index (Phi) is 5.26. The second-order valence-corrected chi connectivity index (χ2v) is 5.50. The number of furan rings is 1. The van der Waals surface area contributed by atoms with Crippen LogP contribution in [-0.4, -0.2) is 17.9 Å². The van der Waals surface area contributed by atoms with E-state index >= 15 is 0 Å². The molecule has 1 aromatic heterocycles. The van der Waals surface area contributed by atoms with Crippen LogP contribution in [0.25, 0.3) is 0 Å². The van der Waals surface area contributed by atoms with E-state index < -0.39 is 17.6 Å². The van der Waals surface area contributed by atoms with E-state index in [0.29, 0.717) is 15.8 Å². The summed E-state index contributed by atoms with van der Waals surface area (Å²) >= 11 is 7.14. The van der Waals surface area contributed by atoms with Crippen LogP contribution in [0.4, 0.5) is 5.69 Å². The summed E-state index contributed by atoms with van der Waals surface area (Å²) < 4.78 is 5.26. The van der Waals surface area contributed by atoms with Gasteiger partial charge in [0, 0.05) is 10.7 Å². The van der Waals surface area contributed by atoms with Gasteiger partial charge in [0.15, 0.2) is 16.8 Å². The Hall–Kier alpha value is -2.23. The van der Waals surface area contributed by atoms with Crippen LogP contribution in [-0.2, 0) is 4.79 Å². The van der Waals surface area contributed by atoms with Crippen molar-refractivity contribution in [3.8, 4) is 6.07 Å². The molecule has 1 N–H and O–H groups in total. The van der Waals surface area contributed by atoms with Crippen molar-refractivity contribution in [3.05, 3.63) is 47.2 Å². The van der Waals surface area contributed by atoms with Crippen LogP contribution in [0.5, 0.6) is 0 Å². The molecule has 0 aliphatic carbocycles. The molecule has 1 amide bonds. The van der Waals surface area contributed by atoms with Gasteiger partial charge < -0.3 is 9.73 Å². The van der Waals surface area contributed by atoms with E-state index in [4.69, 9.17) is 21.3 Å². The molecule has 5 nitrogen and oxygen atoms in total. The number of anilines is 1. The van der Waals surface area contributed by atoms with Gasteiger partial charge in [-0.2, -0.15) is 5.26 Å². The predicted molar refractivity (Wildman–Crippen MR) is 84.0 cm³/mol. The number of nitriles is 1. The molecule has 2 rings (SSSR count). The molecule has 0 unspecified atom stereocenters. The number of thioether (sulfide) groups is 1. The third kappa shape index (κ3) is 3.70. The molecule has 1 atom stereocenters.